The molecule has 2 amide bonds. The van der Waals surface area contributed by atoms with E-state index in [1.165, 1.54) is 11.8 Å². The highest BCUT2D eigenvalue weighted by Gasteiger charge is 2.20. The monoisotopic (exact) mass is 340 g/mol. The summed E-state index contributed by atoms with van der Waals surface area (Å²) in [5, 5.41) is 2.85. The van der Waals surface area contributed by atoms with E-state index < -0.39 is 0 Å². The average Bonchev–Trinajstić information content (AvgIpc) is 2.55. The molecule has 2 aromatic carbocycles. The van der Waals surface area contributed by atoms with E-state index in [0.29, 0.717) is 11.4 Å². The van der Waals surface area contributed by atoms with E-state index in [2.05, 4.69) is 5.32 Å². The lowest BCUT2D eigenvalue weighted by molar-refractivity contribution is -0.120. The highest BCUT2D eigenvalue weighted by Crippen LogP contribution is 2.29. The van der Waals surface area contributed by atoms with Crippen LogP contribution in [0.4, 0.5) is 11.4 Å². The lowest BCUT2D eigenvalue weighted by atomic mass is 10.2. The van der Waals surface area contributed by atoms with Gasteiger partial charge in [0.25, 0.3) is 0 Å². The molecule has 0 radical (unpaired) electrons. The van der Waals surface area contributed by atoms with Gasteiger partial charge in [0.05, 0.1) is 11.8 Å². The first-order chi connectivity index (χ1) is 11.9. The van der Waals surface area contributed by atoms with Gasteiger partial charge in [0, 0.05) is 12.6 Å². The first kappa shape index (κ1) is 18.5. The molecule has 0 atom stereocenters. The number of nitrogens with zero attached hydrogens (tertiary/aromatic N) is 1. The molecule has 0 aliphatic rings. The molecule has 0 saturated carbocycles. The van der Waals surface area contributed by atoms with Crippen molar-refractivity contribution in [2.24, 2.45) is 0 Å². The number of hydrogen-bond donors (Lipinski definition) is 1. The molecule has 0 fully saturated rings. The Balaban J connectivity index is 2.21. The zero-order valence-electron chi connectivity index (χ0n) is 15.1. The Bertz CT molecular complexity index is 756. The Hall–Kier alpha value is -2.82. The zero-order chi connectivity index (χ0) is 18.4. The number of para-hydroxylation sites is 3. The molecule has 1 N–H and O–H groups in total. The van der Waals surface area contributed by atoms with Crippen molar-refractivity contribution in [1.82, 2.24) is 0 Å². The largest absolute Gasteiger partial charge is 0.489 e. The van der Waals surface area contributed by atoms with Crippen molar-refractivity contribution < 1.29 is 14.3 Å². The van der Waals surface area contributed by atoms with Gasteiger partial charge in [0.1, 0.15) is 12.3 Å². The molecule has 0 bridgehead atoms. The van der Waals surface area contributed by atoms with Crippen molar-refractivity contribution in [2.75, 3.05) is 16.8 Å². The summed E-state index contributed by atoms with van der Waals surface area (Å²) >= 11 is 0. The summed E-state index contributed by atoms with van der Waals surface area (Å²) < 4.78 is 5.77. The van der Waals surface area contributed by atoms with Crippen LogP contribution in [0.25, 0.3) is 0 Å². The van der Waals surface area contributed by atoms with Crippen molar-refractivity contribution in [3.63, 3.8) is 0 Å². The van der Waals surface area contributed by atoms with Gasteiger partial charge in [-0.2, -0.15) is 0 Å². The number of benzene rings is 2. The lowest BCUT2D eigenvalue weighted by Gasteiger charge is -2.24. The van der Waals surface area contributed by atoms with Crippen molar-refractivity contribution in [1.29, 1.82) is 0 Å². The maximum Gasteiger partial charge on any atom is 0.244 e. The van der Waals surface area contributed by atoms with Crippen LogP contribution in [0.3, 0.4) is 0 Å². The number of rotatable bonds is 6. The van der Waals surface area contributed by atoms with Crippen molar-refractivity contribution in [3.8, 4) is 5.75 Å². The first-order valence-corrected chi connectivity index (χ1v) is 8.27. The molecule has 5 nitrogen and oxygen atoms in total. The maximum atomic E-state index is 12.4. The molecule has 2 aromatic rings. The second-order valence-corrected chi connectivity index (χ2v) is 6.10. The molecule has 0 aliphatic carbocycles. The third-order valence-corrected chi connectivity index (χ3v) is 3.62. The SMILES string of the molecule is CC(=O)N(CC(=O)Nc1ccccc1C)c1ccccc1OC(C)C. The minimum absolute atomic E-state index is 0.0317. The Morgan fingerprint density at radius 2 is 1.72 bits per heavy atom. The predicted molar refractivity (Wildman–Crippen MR) is 100 cm³/mol. The summed E-state index contributed by atoms with van der Waals surface area (Å²) in [6.45, 7) is 7.11. The van der Waals surface area contributed by atoms with Crippen LogP contribution in [0.15, 0.2) is 48.5 Å². The zero-order valence-corrected chi connectivity index (χ0v) is 15.1. The number of nitrogens with one attached hydrogen (secondary N) is 1. The number of ether oxygens (including phenoxy) is 1. The second-order valence-electron chi connectivity index (χ2n) is 6.10. The molecule has 2 rings (SSSR count). The average molecular weight is 340 g/mol. The summed E-state index contributed by atoms with van der Waals surface area (Å²) in [6.07, 6.45) is -0.0317. The molecule has 0 aliphatic heterocycles. The van der Waals surface area contributed by atoms with Crippen molar-refractivity contribution in [2.45, 2.75) is 33.8 Å². The van der Waals surface area contributed by atoms with E-state index in [1.54, 1.807) is 12.1 Å². The fourth-order valence-corrected chi connectivity index (χ4v) is 2.45. The highest BCUT2D eigenvalue weighted by atomic mass is 16.5. The third kappa shape index (κ3) is 5.08. The van der Waals surface area contributed by atoms with E-state index in [-0.39, 0.29) is 24.5 Å². The van der Waals surface area contributed by atoms with E-state index in [9.17, 15) is 9.59 Å². The van der Waals surface area contributed by atoms with Gasteiger partial charge in [0.15, 0.2) is 0 Å². The number of hydrogen-bond acceptors (Lipinski definition) is 3. The Labute approximate surface area is 148 Å². The van der Waals surface area contributed by atoms with Crippen LogP contribution in [0.2, 0.25) is 0 Å². The standard InChI is InChI=1S/C20H24N2O3/c1-14(2)25-19-12-8-7-11-18(19)22(16(4)23)13-20(24)21-17-10-6-5-9-15(17)3/h5-12,14H,13H2,1-4H3,(H,21,24). The number of carbonyl (C=O) groups excluding carboxylic acids is 2. The third-order valence-electron chi connectivity index (χ3n) is 3.62. The summed E-state index contributed by atoms with van der Waals surface area (Å²) in [4.78, 5) is 26.0. The Morgan fingerprint density at radius 3 is 2.36 bits per heavy atom. The van der Waals surface area contributed by atoms with Crippen LogP contribution < -0.4 is 15.0 Å². The van der Waals surface area contributed by atoms with Gasteiger partial charge in [-0.1, -0.05) is 30.3 Å². The van der Waals surface area contributed by atoms with Gasteiger partial charge in [-0.15, -0.1) is 0 Å². The fourth-order valence-electron chi connectivity index (χ4n) is 2.45. The summed E-state index contributed by atoms with van der Waals surface area (Å²) in [6, 6.07) is 14.8. The molecule has 0 spiro atoms. The molecular weight excluding hydrogens is 316 g/mol. The van der Waals surface area contributed by atoms with Crippen LogP contribution >= 0.6 is 0 Å². The molecule has 132 valence electrons. The number of amides is 2. The molecule has 5 heteroatoms. The van der Waals surface area contributed by atoms with Gasteiger partial charge >= 0.3 is 0 Å². The number of carbonyl (C=O) groups is 2. The van der Waals surface area contributed by atoms with Gasteiger partial charge in [-0.3, -0.25) is 14.5 Å². The minimum atomic E-state index is -0.260. The van der Waals surface area contributed by atoms with Crippen LogP contribution in [-0.2, 0) is 9.59 Å². The first-order valence-electron chi connectivity index (χ1n) is 8.27. The van der Waals surface area contributed by atoms with Crippen molar-refractivity contribution in [3.05, 3.63) is 54.1 Å². The van der Waals surface area contributed by atoms with Gasteiger partial charge in [0.2, 0.25) is 11.8 Å². The van der Waals surface area contributed by atoms with E-state index >= 15 is 0 Å². The topological polar surface area (TPSA) is 58.6 Å². The second kappa shape index (κ2) is 8.33. The van der Waals surface area contributed by atoms with E-state index in [1.807, 2.05) is 57.2 Å². The number of aryl methyl sites for hydroxylation is 1. The smallest absolute Gasteiger partial charge is 0.244 e. The molecule has 0 aromatic heterocycles. The minimum Gasteiger partial charge on any atom is -0.489 e. The molecule has 0 saturated heterocycles. The quantitative estimate of drug-likeness (QED) is 0.871. The summed E-state index contributed by atoms with van der Waals surface area (Å²) in [7, 11) is 0. The predicted octanol–water partition coefficient (Wildman–Crippen LogP) is 3.77. The fraction of sp³-hybridized carbons (Fsp3) is 0.300. The molecule has 25 heavy (non-hydrogen) atoms. The van der Waals surface area contributed by atoms with Gasteiger partial charge in [-0.25, -0.2) is 0 Å². The Kier molecular flexibility index (Phi) is 6.17. The van der Waals surface area contributed by atoms with Crippen LogP contribution in [0, 0.1) is 6.92 Å². The Morgan fingerprint density at radius 1 is 1.08 bits per heavy atom. The summed E-state index contributed by atoms with van der Waals surface area (Å²) in [5.41, 5.74) is 2.29. The molecule has 0 heterocycles. The molecular formula is C20H24N2O3. The highest BCUT2D eigenvalue weighted by molar-refractivity contribution is 6.02. The van der Waals surface area contributed by atoms with E-state index in [4.69, 9.17) is 4.74 Å². The molecule has 0 unspecified atom stereocenters. The van der Waals surface area contributed by atoms with Crippen LogP contribution in [-0.4, -0.2) is 24.5 Å². The summed E-state index contributed by atoms with van der Waals surface area (Å²) in [5.74, 6) is 0.0972. The van der Waals surface area contributed by atoms with Gasteiger partial charge in [-0.05, 0) is 44.5 Å². The maximum absolute atomic E-state index is 12.4. The van der Waals surface area contributed by atoms with E-state index in [0.717, 1.165) is 11.3 Å². The van der Waals surface area contributed by atoms with Crippen LogP contribution in [0.1, 0.15) is 26.3 Å². The van der Waals surface area contributed by atoms with Crippen molar-refractivity contribution >= 4 is 23.2 Å². The van der Waals surface area contributed by atoms with Gasteiger partial charge < -0.3 is 10.1 Å². The number of anilines is 2. The van der Waals surface area contributed by atoms with Crippen LogP contribution in [0.5, 0.6) is 5.75 Å². The lowest BCUT2D eigenvalue weighted by Crippen LogP contribution is -2.37. The normalized spacial score (nSPS) is 10.4.